The molecule has 2 fully saturated rings. The Kier molecular flexibility index (Phi) is 2.11. The van der Waals surface area contributed by atoms with Crippen molar-refractivity contribution in [2.24, 2.45) is 11.8 Å². The maximum absolute atomic E-state index is 9.56. The zero-order chi connectivity index (χ0) is 9.64. The second-order valence-corrected chi connectivity index (χ2v) is 4.28. The lowest BCUT2D eigenvalue weighted by molar-refractivity contribution is -0.256. The average Bonchev–Trinajstić information content (AvgIpc) is 2.30. The summed E-state index contributed by atoms with van der Waals surface area (Å²) in [5.41, 5.74) is 0. The third-order valence-electron chi connectivity index (χ3n) is 3.56. The van der Waals surface area contributed by atoms with Gasteiger partial charge in [-0.25, -0.2) is 0 Å². The molecule has 0 aliphatic heterocycles. The molecule has 0 spiro atoms. The van der Waals surface area contributed by atoms with E-state index in [0.717, 1.165) is 25.7 Å². The maximum atomic E-state index is 9.56. The molecular weight excluding hydrogens is 172 g/mol. The molecule has 2 rings (SSSR count). The van der Waals surface area contributed by atoms with Gasteiger partial charge < -0.3 is 20.4 Å². The molecule has 4 nitrogen and oxygen atoms in total. The van der Waals surface area contributed by atoms with E-state index in [9.17, 15) is 20.4 Å². The summed E-state index contributed by atoms with van der Waals surface area (Å²) in [4.78, 5) is 0. The predicted molar refractivity (Wildman–Crippen MR) is 44.6 cm³/mol. The average molecular weight is 188 g/mol. The molecule has 0 heterocycles. The zero-order valence-corrected chi connectivity index (χ0v) is 7.43. The second kappa shape index (κ2) is 2.92. The highest BCUT2D eigenvalue weighted by Crippen LogP contribution is 2.46. The fourth-order valence-electron chi connectivity index (χ4n) is 2.78. The molecule has 76 valence electrons. The fourth-order valence-corrected chi connectivity index (χ4v) is 2.78. The van der Waals surface area contributed by atoms with Gasteiger partial charge in [-0.15, -0.1) is 0 Å². The Bertz CT molecular complexity index is 184. The number of aliphatic hydroxyl groups is 4. The van der Waals surface area contributed by atoms with Crippen LogP contribution in [0.25, 0.3) is 0 Å². The molecule has 0 aromatic rings. The molecule has 2 saturated carbocycles. The van der Waals surface area contributed by atoms with Gasteiger partial charge in [0.25, 0.3) is 0 Å². The number of fused-ring (bicyclic) bond motifs is 1. The minimum Gasteiger partial charge on any atom is -0.387 e. The molecule has 4 heteroatoms. The first-order valence-corrected chi connectivity index (χ1v) is 4.86. The number of hydrogen-bond donors (Lipinski definition) is 4. The summed E-state index contributed by atoms with van der Waals surface area (Å²) in [7, 11) is 0. The Hall–Kier alpha value is -0.160. The van der Waals surface area contributed by atoms with Crippen molar-refractivity contribution < 1.29 is 20.4 Å². The molecule has 2 aliphatic rings. The van der Waals surface area contributed by atoms with E-state index in [1.807, 2.05) is 0 Å². The molecule has 0 aromatic heterocycles. The number of rotatable bonds is 0. The molecule has 0 aromatic carbocycles. The van der Waals surface area contributed by atoms with Crippen LogP contribution in [0.1, 0.15) is 25.7 Å². The lowest BCUT2D eigenvalue weighted by atomic mass is 9.80. The molecule has 0 amide bonds. The van der Waals surface area contributed by atoms with Crippen LogP contribution in [0.2, 0.25) is 0 Å². The number of hydrogen-bond acceptors (Lipinski definition) is 4. The van der Waals surface area contributed by atoms with Gasteiger partial charge in [0.1, 0.15) is 12.2 Å². The van der Waals surface area contributed by atoms with Crippen molar-refractivity contribution in [1.29, 1.82) is 0 Å². The van der Waals surface area contributed by atoms with E-state index in [-0.39, 0.29) is 11.8 Å². The van der Waals surface area contributed by atoms with Crippen LogP contribution in [0.4, 0.5) is 0 Å². The Balaban J connectivity index is 2.23. The molecule has 4 unspecified atom stereocenters. The third kappa shape index (κ3) is 1.21. The normalized spacial score (nSPS) is 48.9. The van der Waals surface area contributed by atoms with Gasteiger partial charge in [0.15, 0.2) is 0 Å². The highest BCUT2D eigenvalue weighted by Gasteiger charge is 2.58. The molecule has 4 atom stereocenters. The smallest absolute Gasteiger partial charge is 0.216 e. The van der Waals surface area contributed by atoms with Crippen LogP contribution >= 0.6 is 0 Å². The minimum absolute atomic E-state index is 0.140. The van der Waals surface area contributed by atoms with Crippen molar-refractivity contribution in [3.63, 3.8) is 0 Å². The summed E-state index contributed by atoms with van der Waals surface area (Å²) in [6, 6.07) is 0. The van der Waals surface area contributed by atoms with Crippen LogP contribution in [0.5, 0.6) is 0 Å². The van der Waals surface area contributed by atoms with Gasteiger partial charge in [-0.1, -0.05) is 12.8 Å². The van der Waals surface area contributed by atoms with Crippen molar-refractivity contribution in [2.45, 2.75) is 43.7 Å². The van der Waals surface area contributed by atoms with Crippen molar-refractivity contribution in [2.75, 3.05) is 0 Å². The first-order valence-electron chi connectivity index (χ1n) is 4.86. The van der Waals surface area contributed by atoms with Crippen LogP contribution in [0, 0.1) is 11.8 Å². The molecule has 2 aliphatic carbocycles. The van der Waals surface area contributed by atoms with Crippen LogP contribution < -0.4 is 0 Å². The van der Waals surface area contributed by atoms with Gasteiger partial charge >= 0.3 is 0 Å². The van der Waals surface area contributed by atoms with Crippen molar-refractivity contribution in [1.82, 2.24) is 0 Å². The van der Waals surface area contributed by atoms with Crippen molar-refractivity contribution in [3.05, 3.63) is 0 Å². The first kappa shape index (κ1) is 9.40. The van der Waals surface area contributed by atoms with Crippen LogP contribution in [-0.4, -0.2) is 38.4 Å². The summed E-state index contributed by atoms with van der Waals surface area (Å²) >= 11 is 0. The molecule has 4 N–H and O–H groups in total. The van der Waals surface area contributed by atoms with E-state index in [1.54, 1.807) is 0 Å². The largest absolute Gasteiger partial charge is 0.387 e. The Morgan fingerprint density at radius 2 is 1.23 bits per heavy atom. The van der Waals surface area contributed by atoms with Crippen molar-refractivity contribution >= 4 is 0 Å². The van der Waals surface area contributed by atoms with Gasteiger partial charge in [-0.05, 0) is 24.7 Å². The third-order valence-corrected chi connectivity index (χ3v) is 3.56. The first-order chi connectivity index (χ1) is 6.05. The van der Waals surface area contributed by atoms with Gasteiger partial charge in [-0.2, -0.15) is 0 Å². The van der Waals surface area contributed by atoms with Gasteiger partial charge in [-0.3, -0.25) is 0 Å². The SMILES string of the molecule is OC1C2CCCCC2C(O)C1(O)O. The molecule has 0 bridgehead atoms. The quantitative estimate of drug-likeness (QED) is 0.375. The Labute approximate surface area is 76.8 Å². The summed E-state index contributed by atoms with van der Waals surface area (Å²) in [5.74, 6) is -2.57. The Morgan fingerprint density at radius 1 is 0.846 bits per heavy atom. The van der Waals surface area contributed by atoms with Crippen molar-refractivity contribution in [3.8, 4) is 0 Å². The van der Waals surface area contributed by atoms with Gasteiger partial charge in [0, 0.05) is 0 Å². The molecule has 0 saturated heterocycles. The standard InChI is InChI=1S/C9H16O4/c10-7-5-3-1-2-4-6(5)8(11)9(7,12)13/h5-8,10-13H,1-4H2. The van der Waals surface area contributed by atoms with Crippen LogP contribution in [0.3, 0.4) is 0 Å². The topological polar surface area (TPSA) is 80.9 Å². The predicted octanol–water partition coefficient (Wildman–Crippen LogP) is -0.791. The minimum atomic E-state index is -2.29. The summed E-state index contributed by atoms with van der Waals surface area (Å²) in [6.07, 6.45) is 1.19. The highest BCUT2D eigenvalue weighted by molar-refractivity contribution is 5.03. The van der Waals surface area contributed by atoms with E-state index in [0.29, 0.717) is 0 Å². The van der Waals surface area contributed by atoms with E-state index in [4.69, 9.17) is 0 Å². The lowest BCUT2D eigenvalue weighted by Gasteiger charge is -2.26. The van der Waals surface area contributed by atoms with Gasteiger partial charge in [0.05, 0.1) is 0 Å². The summed E-state index contributed by atoms with van der Waals surface area (Å²) in [5, 5.41) is 38.0. The van der Waals surface area contributed by atoms with E-state index in [2.05, 4.69) is 0 Å². The van der Waals surface area contributed by atoms with Crippen LogP contribution in [-0.2, 0) is 0 Å². The second-order valence-electron chi connectivity index (χ2n) is 4.28. The van der Waals surface area contributed by atoms with E-state index >= 15 is 0 Å². The summed E-state index contributed by atoms with van der Waals surface area (Å²) in [6.45, 7) is 0. The van der Waals surface area contributed by atoms with E-state index < -0.39 is 18.0 Å². The monoisotopic (exact) mass is 188 g/mol. The zero-order valence-electron chi connectivity index (χ0n) is 7.43. The van der Waals surface area contributed by atoms with Crippen LogP contribution in [0.15, 0.2) is 0 Å². The highest BCUT2D eigenvalue weighted by atomic mass is 16.5. The fraction of sp³-hybridized carbons (Fsp3) is 1.00. The molecule has 13 heavy (non-hydrogen) atoms. The molecular formula is C9H16O4. The van der Waals surface area contributed by atoms with Gasteiger partial charge in [0.2, 0.25) is 5.79 Å². The lowest BCUT2D eigenvalue weighted by Crippen LogP contribution is -2.47. The Morgan fingerprint density at radius 3 is 1.62 bits per heavy atom. The number of aliphatic hydroxyl groups excluding tert-OH is 2. The maximum Gasteiger partial charge on any atom is 0.216 e. The summed E-state index contributed by atoms with van der Waals surface area (Å²) < 4.78 is 0. The van der Waals surface area contributed by atoms with E-state index in [1.165, 1.54) is 0 Å². The molecule has 0 radical (unpaired) electrons.